The highest BCUT2D eigenvalue weighted by molar-refractivity contribution is 9.10. The van der Waals surface area contributed by atoms with Crippen molar-refractivity contribution >= 4 is 39.3 Å². The summed E-state index contributed by atoms with van der Waals surface area (Å²) in [5, 5.41) is 5.09. The Balaban J connectivity index is 2.20. The van der Waals surface area contributed by atoms with Crippen LogP contribution in [0.1, 0.15) is 20.7 Å². The maximum Gasteiger partial charge on any atom is 0.255 e. The maximum atomic E-state index is 12.6. The first-order valence-electron chi connectivity index (χ1n) is 7.75. The lowest BCUT2D eigenvalue weighted by Gasteiger charge is -2.12. The second-order valence-electron chi connectivity index (χ2n) is 5.38. The van der Waals surface area contributed by atoms with Crippen molar-refractivity contribution in [2.75, 3.05) is 26.1 Å². The van der Waals surface area contributed by atoms with Crippen molar-refractivity contribution in [3.8, 4) is 11.5 Å². The summed E-state index contributed by atoms with van der Waals surface area (Å²) in [6.07, 6.45) is 0. The van der Waals surface area contributed by atoms with Crippen LogP contribution in [0.2, 0.25) is 0 Å². The van der Waals surface area contributed by atoms with E-state index in [-0.39, 0.29) is 12.1 Å². The molecule has 0 heterocycles. The zero-order chi connectivity index (χ0) is 20.0. The average Bonchev–Trinajstić information content (AvgIpc) is 2.66. The van der Waals surface area contributed by atoms with Crippen molar-refractivity contribution in [3.05, 3.63) is 52.0 Å². The maximum absolute atomic E-state index is 12.6. The minimum atomic E-state index is -0.647. The number of nitrogens with two attached hydrogens (primary N) is 1. The Morgan fingerprint density at radius 1 is 1.00 bits per heavy atom. The molecular weight excluding hydrogens is 418 g/mol. The number of methoxy groups -OCH3 is 2. The predicted molar refractivity (Wildman–Crippen MR) is 103 cm³/mol. The Labute approximate surface area is 164 Å². The van der Waals surface area contributed by atoms with E-state index in [9.17, 15) is 14.4 Å². The zero-order valence-corrected chi connectivity index (χ0v) is 16.3. The Kier molecular flexibility index (Phi) is 6.78. The van der Waals surface area contributed by atoms with E-state index in [1.54, 1.807) is 30.3 Å². The van der Waals surface area contributed by atoms with Gasteiger partial charge in [-0.3, -0.25) is 14.4 Å². The number of anilines is 1. The molecule has 2 aromatic rings. The lowest BCUT2D eigenvalue weighted by atomic mass is 10.1. The molecule has 0 radical (unpaired) electrons. The van der Waals surface area contributed by atoms with E-state index in [2.05, 4.69) is 26.6 Å². The van der Waals surface area contributed by atoms with Gasteiger partial charge in [-0.15, -0.1) is 0 Å². The summed E-state index contributed by atoms with van der Waals surface area (Å²) in [5.74, 6) is -0.644. The first-order chi connectivity index (χ1) is 12.8. The molecule has 142 valence electrons. The molecule has 0 bridgehead atoms. The summed E-state index contributed by atoms with van der Waals surface area (Å²) < 4.78 is 11.1. The van der Waals surface area contributed by atoms with Gasteiger partial charge in [0, 0.05) is 16.8 Å². The van der Waals surface area contributed by atoms with Crippen LogP contribution in [0.3, 0.4) is 0 Å². The van der Waals surface area contributed by atoms with Crippen LogP contribution in [0.4, 0.5) is 5.69 Å². The number of benzene rings is 2. The Morgan fingerprint density at radius 2 is 1.63 bits per heavy atom. The molecule has 0 fully saturated rings. The summed E-state index contributed by atoms with van der Waals surface area (Å²) in [6.45, 7) is -0.270. The number of halogens is 1. The van der Waals surface area contributed by atoms with E-state index in [0.29, 0.717) is 27.2 Å². The second-order valence-corrected chi connectivity index (χ2v) is 6.17. The van der Waals surface area contributed by atoms with E-state index in [1.165, 1.54) is 20.3 Å². The van der Waals surface area contributed by atoms with Crippen molar-refractivity contribution in [2.24, 2.45) is 5.73 Å². The van der Waals surface area contributed by atoms with Gasteiger partial charge in [0.25, 0.3) is 11.8 Å². The average molecular weight is 436 g/mol. The molecule has 0 aliphatic carbocycles. The summed E-state index contributed by atoms with van der Waals surface area (Å²) in [4.78, 5) is 35.3. The number of carbonyl (C=O) groups excluding carboxylic acids is 3. The number of ether oxygens (including phenoxy) is 2. The molecule has 8 nitrogen and oxygen atoms in total. The van der Waals surface area contributed by atoms with Gasteiger partial charge in [0.1, 0.15) is 16.0 Å². The summed E-state index contributed by atoms with van der Waals surface area (Å²) in [6, 6.07) is 9.41. The van der Waals surface area contributed by atoms with Gasteiger partial charge < -0.3 is 25.8 Å². The fourth-order valence-corrected chi connectivity index (χ4v) is 2.76. The van der Waals surface area contributed by atoms with Crippen molar-refractivity contribution in [2.45, 2.75) is 0 Å². The second kappa shape index (κ2) is 9.04. The van der Waals surface area contributed by atoms with E-state index < -0.39 is 17.7 Å². The molecule has 2 aromatic carbocycles. The standard InChI is InChI=1S/C18H18BrN3O5/c1-26-13-7-11(8-14(27-2)16(13)19)18(25)22-12-5-3-4-10(6-12)17(24)21-9-15(20)23/h3-8H,9H2,1-2H3,(H2,20,23)(H,21,24)(H,22,25). The molecule has 4 N–H and O–H groups in total. The number of rotatable bonds is 7. The monoisotopic (exact) mass is 435 g/mol. The highest BCUT2D eigenvalue weighted by Crippen LogP contribution is 2.35. The van der Waals surface area contributed by atoms with Crippen LogP contribution in [0, 0.1) is 0 Å². The molecule has 27 heavy (non-hydrogen) atoms. The Morgan fingerprint density at radius 3 is 2.19 bits per heavy atom. The van der Waals surface area contributed by atoms with Crippen LogP contribution in [0.25, 0.3) is 0 Å². The van der Waals surface area contributed by atoms with Crippen LogP contribution in [0.15, 0.2) is 40.9 Å². The Bertz CT molecular complexity index is 860. The van der Waals surface area contributed by atoms with E-state index in [0.717, 1.165) is 0 Å². The first-order valence-corrected chi connectivity index (χ1v) is 8.54. The highest BCUT2D eigenvalue weighted by atomic mass is 79.9. The molecule has 0 aliphatic heterocycles. The van der Waals surface area contributed by atoms with Gasteiger partial charge >= 0.3 is 0 Å². The SMILES string of the molecule is COc1cc(C(=O)Nc2cccc(C(=O)NCC(N)=O)c2)cc(OC)c1Br. The third-order valence-electron chi connectivity index (χ3n) is 3.51. The minimum absolute atomic E-state index is 0.270. The first kappa shape index (κ1) is 20.2. The van der Waals surface area contributed by atoms with Crippen LogP contribution in [0.5, 0.6) is 11.5 Å². The third-order valence-corrected chi connectivity index (χ3v) is 4.30. The van der Waals surface area contributed by atoms with Gasteiger partial charge in [-0.05, 0) is 46.3 Å². The number of carbonyl (C=O) groups is 3. The molecule has 0 unspecified atom stereocenters. The zero-order valence-electron chi connectivity index (χ0n) is 14.7. The normalized spacial score (nSPS) is 10.0. The van der Waals surface area contributed by atoms with Gasteiger partial charge in [0.2, 0.25) is 5.91 Å². The predicted octanol–water partition coefficient (Wildman–Crippen LogP) is 1.93. The van der Waals surface area contributed by atoms with Crippen LogP contribution in [-0.2, 0) is 4.79 Å². The molecule has 3 amide bonds. The van der Waals surface area contributed by atoms with Gasteiger partial charge in [0.15, 0.2) is 0 Å². The largest absolute Gasteiger partial charge is 0.495 e. The number of hydrogen-bond donors (Lipinski definition) is 3. The fraction of sp³-hybridized carbons (Fsp3) is 0.167. The smallest absolute Gasteiger partial charge is 0.255 e. The molecule has 0 atom stereocenters. The number of primary amides is 1. The molecule has 0 aromatic heterocycles. The van der Waals surface area contributed by atoms with Gasteiger partial charge in [-0.25, -0.2) is 0 Å². The van der Waals surface area contributed by atoms with Crippen LogP contribution in [-0.4, -0.2) is 38.5 Å². The summed E-state index contributed by atoms with van der Waals surface area (Å²) in [7, 11) is 2.96. The number of hydrogen-bond acceptors (Lipinski definition) is 5. The van der Waals surface area contributed by atoms with Gasteiger partial charge in [-0.1, -0.05) is 6.07 Å². The van der Waals surface area contributed by atoms with Crippen molar-refractivity contribution < 1.29 is 23.9 Å². The van der Waals surface area contributed by atoms with E-state index in [1.807, 2.05) is 0 Å². The lowest BCUT2D eigenvalue weighted by molar-refractivity contribution is -0.117. The molecule has 2 rings (SSSR count). The van der Waals surface area contributed by atoms with Crippen molar-refractivity contribution in [1.29, 1.82) is 0 Å². The van der Waals surface area contributed by atoms with Gasteiger partial charge in [0.05, 0.1) is 20.8 Å². The molecular formula is C18H18BrN3O5. The van der Waals surface area contributed by atoms with E-state index in [4.69, 9.17) is 15.2 Å². The molecule has 0 aliphatic rings. The molecule has 9 heteroatoms. The van der Waals surface area contributed by atoms with Gasteiger partial charge in [-0.2, -0.15) is 0 Å². The molecule has 0 saturated heterocycles. The van der Waals surface area contributed by atoms with Crippen LogP contribution >= 0.6 is 15.9 Å². The summed E-state index contributed by atoms with van der Waals surface area (Å²) >= 11 is 3.34. The summed E-state index contributed by atoms with van der Waals surface area (Å²) in [5.41, 5.74) is 6.01. The quantitative estimate of drug-likeness (QED) is 0.613. The highest BCUT2D eigenvalue weighted by Gasteiger charge is 2.15. The fourth-order valence-electron chi connectivity index (χ4n) is 2.21. The topological polar surface area (TPSA) is 120 Å². The van der Waals surface area contributed by atoms with E-state index >= 15 is 0 Å². The van der Waals surface area contributed by atoms with Crippen molar-refractivity contribution in [1.82, 2.24) is 5.32 Å². The van der Waals surface area contributed by atoms with Crippen molar-refractivity contribution in [3.63, 3.8) is 0 Å². The lowest BCUT2D eigenvalue weighted by Crippen LogP contribution is -2.33. The minimum Gasteiger partial charge on any atom is -0.495 e. The third kappa shape index (κ3) is 5.20. The Hall–Kier alpha value is -3.07. The molecule has 0 saturated carbocycles. The number of amides is 3. The van der Waals surface area contributed by atoms with Crippen LogP contribution < -0.4 is 25.8 Å². The number of nitrogens with one attached hydrogen (secondary N) is 2. The molecule has 0 spiro atoms.